The summed E-state index contributed by atoms with van der Waals surface area (Å²) in [5.41, 5.74) is 0. The second-order valence-corrected chi connectivity index (χ2v) is 3.35. The zero-order valence-electron chi connectivity index (χ0n) is 8.72. The minimum absolute atomic E-state index is 0.00986. The van der Waals surface area contributed by atoms with Crippen LogP contribution in [0.4, 0.5) is 0 Å². The molecule has 0 rings (SSSR count). The number of likely N-dealkylation sites (N-methyl/N-ethyl adjacent to an activating group) is 1. The van der Waals surface area contributed by atoms with Crippen LogP contribution in [0.1, 0.15) is 13.8 Å². The van der Waals surface area contributed by atoms with Gasteiger partial charge in [-0.15, -0.1) is 0 Å². The maximum absolute atomic E-state index is 10.9. The van der Waals surface area contributed by atoms with Crippen molar-refractivity contribution in [2.75, 3.05) is 33.4 Å². The van der Waals surface area contributed by atoms with Crippen molar-refractivity contribution in [1.29, 1.82) is 0 Å². The van der Waals surface area contributed by atoms with E-state index in [0.717, 1.165) is 6.61 Å². The lowest BCUT2D eigenvalue weighted by atomic mass is 10.2. The van der Waals surface area contributed by atoms with Gasteiger partial charge in [0, 0.05) is 13.2 Å². The first kappa shape index (κ1) is 12.4. The van der Waals surface area contributed by atoms with Crippen molar-refractivity contribution in [3.05, 3.63) is 0 Å². The van der Waals surface area contributed by atoms with Crippen molar-refractivity contribution >= 4 is 5.91 Å². The van der Waals surface area contributed by atoms with Gasteiger partial charge >= 0.3 is 0 Å². The molecule has 0 radical (unpaired) electrons. The lowest BCUT2D eigenvalue weighted by Crippen LogP contribution is -2.34. The number of ether oxygens (including phenoxy) is 1. The van der Waals surface area contributed by atoms with Gasteiger partial charge < -0.3 is 15.4 Å². The summed E-state index contributed by atoms with van der Waals surface area (Å²) < 4.78 is 5.29. The molecule has 0 saturated carbocycles. The monoisotopic (exact) mass is 188 g/mol. The second kappa shape index (κ2) is 8.01. The van der Waals surface area contributed by atoms with Crippen LogP contribution in [0.2, 0.25) is 0 Å². The topological polar surface area (TPSA) is 50.4 Å². The molecule has 0 aliphatic carbocycles. The minimum Gasteiger partial charge on any atom is -0.379 e. The lowest BCUT2D eigenvalue weighted by Gasteiger charge is -2.07. The van der Waals surface area contributed by atoms with Gasteiger partial charge in [0.15, 0.2) is 0 Å². The molecule has 13 heavy (non-hydrogen) atoms. The van der Waals surface area contributed by atoms with Crippen molar-refractivity contribution in [2.24, 2.45) is 5.92 Å². The van der Waals surface area contributed by atoms with Gasteiger partial charge in [-0.25, -0.2) is 0 Å². The van der Waals surface area contributed by atoms with E-state index in [4.69, 9.17) is 4.74 Å². The van der Waals surface area contributed by atoms with Crippen molar-refractivity contribution < 1.29 is 9.53 Å². The maximum Gasteiger partial charge on any atom is 0.234 e. The van der Waals surface area contributed by atoms with Crippen LogP contribution in [-0.4, -0.2) is 39.3 Å². The maximum atomic E-state index is 10.9. The van der Waals surface area contributed by atoms with E-state index in [1.165, 1.54) is 0 Å². The summed E-state index contributed by atoms with van der Waals surface area (Å²) in [6.07, 6.45) is 0. The summed E-state index contributed by atoms with van der Waals surface area (Å²) in [5.74, 6) is 0.559. The van der Waals surface area contributed by atoms with Crippen LogP contribution in [0.5, 0.6) is 0 Å². The zero-order valence-corrected chi connectivity index (χ0v) is 8.72. The third-order valence-electron chi connectivity index (χ3n) is 1.36. The molecule has 0 saturated heterocycles. The minimum atomic E-state index is 0.00986. The molecular weight excluding hydrogens is 168 g/mol. The fourth-order valence-corrected chi connectivity index (χ4v) is 0.805. The Labute approximate surface area is 80.0 Å². The molecule has 0 bridgehead atoms. The average molecular weight is 188 g/mol. The predicted molar refractivity (Wildman–Crippen MR) is 52.6 cm³/mol. The van der Waals surface area contributed by atoms with Crippen LogP contribution in [0, 0.1) is 5.92 Å². The normalized spacial score (nSPS) is 10.5. The fraction of sp³-hybridized carbons (Fsp3) is 0.889. The van der Waals surface area contributed by atoms with Crippen molar-refractivity contribution in [3.8, 4) is 0 Å². The van der Waals surface area contributed by atoms with Crippen molar-refractivity contribution in [1.82, 2.24) is 10.6 Å². The summed E-state index contributed by atoms with van der Waals surface area (Å²) >= 11 is 0. The van der Waals surface area contributed by atoms with E-state index >= 15 is 0 Å². The number of amides is 1. The average Bonchev–Trinajstić information content (AvgIpc) is 2.03. The number of hydrogen-bond donors (Lipinski definition) is 2. The smallest absolute Gasteiger partial charge is 0.234 e. The Balaban J connectivity index is 3.11. The van der Waals surface area contributed by atoms with Crippen molar-refractivity contribution in [3.63, 3.8) is 0 Å². The quantitative estimate of drug-likeness (QED) is 0.553. The zero-order chi connectivity index (χ0) is 10.1. The Morgan fingerprint density at radius 2 is 2.15 bits per heavy atom. The highest BCUT2D eigenvalue weighted by molar-refractivity contribution is 5.77. The SMILES string of the molecule is CNCC(=O)NCCOCC(C)C. The van der Waals surface area contributed by atoms with Crippen LogP contribution in [0.3, 0.4) is 0 Å². The summed E-state index contributed by atoms with van der Waals surface area (Å²) in [7, 11) is 1.74. The Morgan fingerprint density at radius 3 is 2.69 bits per heavy atom. The molecule has 78 valence electrons. The van der Waals surface area contributed by atoms with Crippen LogP contribution >= 0.6 is 0 Å². The number of nitrogens with one attached hydrogen (secondary N) is 2. The summed E-state index contributed by atoms with van der Waals surface area (Å²) in [6, 6.07) is 0. The largest absolute Gasteiger partial charge is 0.379 e. The van der Waals surface area contributed by atoms with E-state index in [1.54, 1.807) is 7.05 Å². The molecule has 0 aromatic heterocycles. The highest BCUT2D eigenvalue weighted by Gasteiger charge is 1.97. The first-order valence-corrected chi connectivity index (χ1v) is 4.66. The Kier molecular flexibility index (Phi) is 7.63. The molecule has 4 nitrogen and oxygen atoms in total. The molecule has 0 aliphatic rings. The Bertz CT molecular complexity index is 138. The van der Waals surface area contributed by atoms with Gasteiger partial charge in [-0.1, -0.05) is 13.8 Å². The molecule has 0 heterocycles. The Morgan fingerprint density at radius 1 is 1.46 bits per heavy atom. The third-order valence-corrected chi connectivity index (χ3v) is 1.36. The highest BCUT2D eigenvalue weighted by Crippen LogP contribution is 1.90. The molecule has 2 N–H and O–H groups in total. The first-order chi connectivity index (χ1) is 6.16. The van der Waals surface area contributed by atoms with E-state index in [1.807, 2.05) is 0 Å². The van der Waals surface area contributed by atoms with E-state index in [-0.39, 0.29) is 5.91 Å². The van der Waals surface area contributed by atoms with Gasteiger partial charge in [0.1, 0.15) is 0 Å². The predicted octanol–water partition coefficient (Wildman–Crippen LogP) is -0.00540. The molecule has 0 aromatic carbocycles. The molecule has 0 fully saturated rings. The third kappa shape index (κ3) is 9.30. The lowest BCUT2D eigenvalue weighted by molar-refractivity contribution is -0.120. The van der Waals surface area contributed by atoms with Crippen LogP contribution in [0.15, 0.2) is 0 Å². The molecule has 0 aliphatic heterocycles. The van der Waals surface area contributed by atoms with Crippen LogP contribution < -0.4 is 10.6 Å². The van der Waals surface area contributed by atoms with Crippen LogP contribution in [-0.2, 0) is 9.53 Å². The summed E-state index contributed by atoms with van der Waals surface area (Å²) in [6.45, 7) is 6.49. The van der Waals surface area contributed by atoms with Gasteiger partial charge in [-0.05, 0) is 13.0 Å². The van der Waals surface area contributed by atoms with Gasteiger partial charge in [-0.3, -0.25) is 4.79 Å². The fourth-order valence-electron chi connectivity index (χ4n) is 0.805. The highest BCUT2D eigenvalue weighted by atomic mass is 16.5. The number of hydrogen-bond acceptors (Lipinski definition) is 3. The van der Waals surface area contributed by atoms with Gasteiger partial charge in [-0.2, -0.15) is 0 Å². The number of carbonyl (C=O) groups is 1. The summed E-state index contributed by atoms with van der Waals surface area (Å²) in [4.78, 5) is 10.9. The van der Waals surface area contributed by atoms with E-state index in [2.05, 4.69) is 24.5 Å². The van der Waals surface area contributed by atoms with Crippen LogP contribution in [0.25, 0.3) is 0 Å². The van der Waals surface area contributed by atoms with E-state index < -0.39 is 0 Å². The number of rotatable bonds is 7. The second-order valence-electron chi connectivity index (χ2n) is 3.35. The molecule has 1 amide bonds. The molecular formula is C9H20N2O2. The standard InChI is InChI=1S/C9H20N2O2/c1-8(2)7-13-5-4-11-9(12)6-10-3/h8,10H,4-7H2,1-3H3,(H,11,12). The van der Waals surface area contributed by atoms with Gasteiger partial charge in [0.05, 0.1) is 13.2 Å². The van der Waals surface area contributed by atoms with E-state index in [9.17, 15) is 4.79 Å². The molecule has 4 heteroatoms. The molecule has 0 aromatic rings. The van der Waals surface area contributed by atoms with Gasteiger partial charge in [0.2, 0.25) is 5.91 Å². The molecule has 0 unspecified atom stereocenters. The van der Waals surface area contributed by atoms with Crippen molar-refractivity contribution in [2.45, 2.75) is 13.8 Å². The van der Waals surface area contributed by atoms with E-state index in [0.29, 0.717) is 25.6 Å². The molecule has 0 spiro atoms. The Hall–Kier alpha value is -0.610. The summed E-state index contributed by atoms with van der Waals surface area (Å²) in [5, 5.41) is 5.50. The first-order valence-electron chi connectivity index (χ1n) is 4.66. The molecule has 0 atom stereocenters. The number of carbonyl (C=O) groups excluding carboxylic acids is 1. The van der Waals surface area contributed by atoms with Gasteiger partial charge in [0.25, 0.3) is 0 Å².